The van der Waals surface area contributed by atoms with Gasteiger partial charge in [0.1, 0.15) is 12.4 Å². The Morgan fingerprint density at radius 3 is 2.25 bits per heavy atom. The molecule has 0 saturated carbocycles. The van der Waals surface area contributed by atoms with Crippen molar-refractivity contribution in [2.45, 2.75) is 37.5 Å². The van der Waals surface area contributed by atoms with E-state index in [4.69, 9.17) is 14.0 Å². The standard InChI is InChI=1S/C20H18F4O7S/c1-12(2)18(26)30-11-13-3-4-15-10-16(6-5-14(15)9-13)31-17(25)7-8-19(21,22)20(23,24)32(27,28)29/h3-6,9-10H,1,7-8,11H2,2H3,(H,27,28,29). The molecule has 2 rings (SSSR count). The molecule has 0 unspecified atom stereocenters. The molecule has 0 atom stereocenters. The van der Waals surface area contributed by atoms with Crippen molar-refractivity contribution in [3.8, 4) is 5.75 Å². The molecule has 0 heterocycles. The molecule has 0 amide bonds. The van der Waals surface area contributed by atoms with Crippen LogP contribution in [0.15, 0.2) is 48.6 Å². The van der Waals surface area contributed by atoms with E-state index in [0.717, 1.165) is 0 Å². The second-order valence-electron chi connectivity index (χ2n) is 6.87. The Labute approximate surface area is 180 Å². The van der Waals surface area contributed by atoms with Gasteiger partial charge in [0.05, 0.1) is 6.42 Å². The first-order valence-corrected chi connectivity index (χ1v) is 10.4. The average molecular weight is 478 g/mol. The van der Waals surface area contributed by atoms with E-state index < -0.39 is 46.1 Å². The second-order valence-corrected chi connectivity index (χ2v) is 8.33. The van der Waals surface area contributed by atoms with Crippen LogP contribution in [-0.2, 0) is 31.1 Å². The summed E-state index contributed by atoms with van der Waals surface area (Å²) in [5, 5.41) is -4.50. The maximum Gasteiger partial charge on any atom is 0.431 e. The fourth-order valence-corrected chi connectivity index (χ4v) is 2.95. The summed E-state index contributed by atoms with van der Waals surface area (Å²) in [6, 6.07) is 9.21. The van der Waals surface area contributed by atoms with Crippen molar-refractivity contribution in [1.29, 1.82) is 0 Å². The van der Waals surface area contributed by atoms with E-state index in [1.54, 1.807) is 18.2 Å². The van der Waals surface area contributed by atoms with E-state index in [0.29, 0.717) is 16.3 Å². The van der Waals surface area contributed by atoms with E-state index in [9.17, 15) is 35.6 Å². The fourth-order valence-electron chi connectivity index (χ4n) is 2.47. The molecule has 0 aromatic heterocycles. The summed E-state index contributed by atoms with van der Waals surface area (Å²) in [7, 11) is -6.38. The smallest absolute Gasteiger partial charge is 0.431 e. The molecule has 0 aliphatic rings. The van der Waals surface area contributed by atoms with Crippen LogP contribution < -0.4 is 4.74 Å². The van der Waals surface area contributed by atoms with Crippen molar-refractivity contribution >= 4 is 32.8 Å². The summed E-state index contributed by atoms with van der Waals surface area (Å²) in [4.78, 5) is 23.2. The number of fused-ring (bicyclic) bond motifs is 1. The van der Waals surface area contributed by atoms with Gasteiger partial charge in [-0.25, -0.2) is 4.79 Å². The van der Waals surface area contributed by atoms with Crippen LogP contribution in [0, 0.1) is 0 Å². The van der Waals surface area contributed by atoms with Crippen LogP contribution in [0.1, 0.15) is 25.3 Å². The van der Waals surface area contributed by atoms with E-state index in [2.05, 4.69) is 6.58 Å². The molecule has 0 spiro atoms. The lowest BCUT2D eigenvalue weighted by Gasteiger charge is -2.23. The van der Waals surface area contributed by atoms with E-state index >= 15 is 0 Å². The van der Waals surface area contributed by atoms with Crippen LogP contribution >= 0.6 is 0 Å². The molecule has 32 heavy (non-hydrogen) atoms. The van der Waals surface area contributed by atoms with Crippen molar-refractivity contribution in [2.75, 3.05) is 0 Å². The van der Waals surface area contributed by atoms with Gasteiger partial charge in [-0.3, -0.25) is 9.35 Å². The van der Waals surface area contributed by atoms with Crippen molar-refractivity contribution in [1.82, 2.24) is 0 Å². The Bertz CT molecular complexity index is 1160. The molecule has 1 N–H and O–H groups in total. The van der Waals surface area contributed by atoms with Crippen molar-refractivity contribution < 1.29 is 49.6 Å². The predicted octanol–water partition coefficient (Wildman–Crippen LogP) is 4.26. The van der Waals surface area contributed by atoms with Crippen molar-refractivity contribution in [3.63, 3.8) is 0 Å². The number of ether oxygens (including phenoxy) is 2. The molecule has 2 aromatic rings. The van der Waals surface area contributed by atoms with Crippen LogP contribution in [0.25, 0.3) is 10.8 Å². The number of esters is 2. The third-order valence-electron chi connectivity index (χ3n) is 4.22. The van der Waals surface area contributed by atoms with Gasteiger partial charge in [0.15, 0.2) is 0 Å². The molecule has 2 aromatic carbocycles. The molecule has 0 aliphatic heterocycles. The third-order valence-corrected chi connectivity index (χ3v) is 5.17. The van der Waals surface area contributed by atoms with Gasteiger partial charge in [-0.1, -0.05) is 24.8 Å². The highest BCUT2D eigenvalue weighted by molar-refractivity contribution is 7.87. The summed E-state index contributed by atoms with van der Waals surface area (Å²) in [5.41, 5.74) is 0.913. The van der Waals surface area contributed by atoms with Gasteiger partial charge in [-0.15, -0.1) is 0 Å². The summed E-state index contributed by atoms with van der Waals surface area (Å²) >= 11 is 0. The normalized spacial score (nSPS) is 12.4. The van der Waals surface area contributed by atoms with Gasteiger partial charge in [-0.05, 0) is 41.5 Å². The van der Waals surface area contributed by atoms with Gasteiger partial charge < -0.3 is 9.47 Å². The molecule has 7 nitrogen and oxygen atoms in total. The Balaban J connectivity index is 2.03. The largest absolute Gasteiger partial charge is 0.457 e. The first kappa shape index (κ1) is 25.3. The van der Waals surface area contributed by atoms with Gasteiger partial charge in [-0.2, -0.15) is 26.0 Å². The zero-order chi connectivity index (χ0) is 24.3. The third kappa shape index (κ3) is 5.82. The first-order chi connectivity index (χ1) is 14.6. The van der Waals surface area contributed by atoms with Crippen LogP contribution in [0.3, 0.4) is 0 Å². The minimum absolute atomic E-state index is 0.000770. The maximum atomic E-state index is 13.5. The Morgan fingerprint density at radius 1 is 1.06 bits per heavy atom. The molecule has 0 bridgehead atoms. The molecule has 174 valence electrons. The van der Waals surface area contributed by atoms with Crippen LogP contribution in [-0.4, -0.2) is 36.1 Å². The Morgan fingerprint density at radius 2 is 1.66 bits per heavy atom. The summed E-state index contributed by atoms with van der Waals surface area (Å²) in [5.74, 6) is -7.10. The Hall–Kier alpha value is -2.99. The van der Waals surface area contributed by atoms with Crippen LogP contribution in [0.2, 0.25) is 0 Å². The molecule has 0 saturated heterocycles. The van der Waals surface area contributed by atoms with E-state index in [1.165, 1.54) is 25.1 Å². The number of alkyl halides is 4. The monoisotopic (exact) mass is 478 g/mol. The number of hydrogen-bond acceptors (Lipinski definition) is 6. The van der Waals surface area contributed by atoms with Gasteiger partial charge >= 0.3 is 33.2 Å². The van der Waals surface area contributed by atoms with E-state index in [-0.39, 0.29) is 17.9 Å². The first-order valence-electron chi connectivity index (χ1n) is 8.93. The minimum atomic E-state index is -6.38. The topological polar surface area (TPSA) is 107 Å². The highest BCUT2D eigenvalue weighted by Gasteiger charge is 2.65. The minimum Gasteiger partial charge on any atom is -0.457 e. The number of carbonyl (C=O) groups excluding carboxylic acids is 2. The molecule has 0 radical (unpaired) electrons. The van der Waals surface area contributed by atoms with Gasteiger partial charge in [0.25, 0.3) is 0 Å². The fraction of sp³-hybridized carbons (Fsp3) is 0.300. The lowest BCUT2D eigenvalue weighted by Crippen LogP contribution is -2.47. The van der Waals surface area contributed by atoms with Crippen molar-refractivity contribution in [2.24, 2.45) is 0 Å². The molecule has 12 heteroatoms. The molecular formula is C20H18F4O7S. The Kier molecular flexibility index (Phi) is 7.30. The van der Waals surface area contributed by atoms with Crippen LogP contribution in [0.4, 0.5) is 17.6 Å². The quantitative estimate of drug-likeness (QED) is 0.189. The van der Waals surface area contributed by atoms with Crippen LogP contribution in [0.5, 0.6) is 5.75 Å². The van der Waals surface area contributed by atoms with Gasteiger partial charge in [0, 0.05) is 12.0 Å². The highest BCUT2D eigenvalue weighted by atomic mass is 32.2. The molecule has 0 aliphatic carbocycles. The zero-order valence-corrected chi connectivity index (χ0v) is 17.4. The predicted molar refractivity (Wildman–Crippen MR) is 105 cm³/mol. The number of hydrogen-bond donors (Lipinski definition) is 1. The zero-order valence-electron chi connectivity index (χ0n) is 16.6. The number of rotatable bonds is 9. The highest BCUT2D eigenvalue weighted by Crippen LogP contribution is 2.41. The molecular weight excluding hydrogens is 460 g/mol. The number of benzene rings is 2. The van der Waals surface area contributed by atoms with Crippen molar-refractivity contribution in [3.05, 3.63) is 54.1 Å². The lowest BCUT2D eigenvalue weighted by molar-refractivity contribution is -0.168. The van der Waals surface area contributed by atoms with E-state index in [1.807, 2.05) is 0 Å². The number of halogens is 4. The SMILES string of the molecule is C=C(C)C(=O)OCc1ccc2cc(OC(=O)CCC(F)(F)C(F)(F)S(=O)(=O)O)ccc2c1. The maximum absolute atomic E-state index is 13.5. The lowest BCUT2D eigenvalue weighted by atomic mass is 10.1. The summed E-state index contributed by atoms with van der Waals surface area (Å²) in [6.07, 6.45) is -3.10. The second kappa shape index (κ2) is 9.25. The summed E-state index contributed by atoms with van der Waals surface area (Å²) in [6.45, 7) is 4.97. The summed E-state index contributed by atoms with van der Waals surface area (Å²) < 4.78 is 92.4. The molecule has 0 fully saturated rings. The average Bonchev–Trinajstić information content (AvgIpc) is 2.69. The number of carbonyl (C=O) groups is 2. The van der Waals surface area contributed by atoms with Gasteiger partial charge in [0.2, 0.25) is 0 Å².